The number of alkyl halides is 3. The van der Waals surface area contributed by atoms with Gasteiger partial charge in [-0.3, -0.25) is 14.8 Å². The van der Waals surface area contributed by atoms with Gasteiger partial charge in [-0.15, -0.1) is 0 Å². The van der Waals surface area contributed by atoms with Crippen LogP contribution in [0.1, 0.15) is 46.9 Å². The molecule has 0 atom stereocenters. The lowest BCUT2D eigenvalue weighted by Gasteiger charge is -2.37. The predicted octanol–water partition coefficient (Wildman–Crippen LogP) is 6.16. The van der Waals surface area contributed by atoms with E-state index in [-0.39, 0.29) is 5.56 Å². The fourth-order valence-corrected chi connectivity index (χ4v) is 5.39. The van der Waals surface area contributed by atoms with E-state index in [1.54, 1.807) is 12.1 Å². The maximum atomic E-state index is 13.1. The number of nitrogens with zero attached hydrogens (tertiary/aromatic N) is 3. The number of anilines is 1. The molecule has 1 N–H and O–H groups in total. The fourth-order valence-electron chi connectivity index (χ4n) is 5.39. The summed E-state index contributed by atoms with van der Waals surface area (Å²) in [6.45, 7) is 6.45. The number of ether oxygens (including phenoxy) is 2. The summed E-state index contributed by atoms with van der Waals surface area (Å²) in [5.41, 5.74) is 2.28. The number of carboxylic acid groups (broad SMARTS) is 1. The van der Waals surface area contributed by atoms with Crippen LogP contribution in [0.15, 0.2) is 54.7 Å². The van der Waals surface area contributed by atoms with Crippen molar-refractivity contribution in [3.63, 3.8) is 0 Å². The minimum absolute atomic E-state index is 0.138. The summed E-state index contributed by atoms with van der Waals surface area (Å²) in [5, 5.41) is 9.14. The van der Waals surface area contributed by atoms with Crippen molar-refractivity contribution in [1.82, 2.24) is 9.88 Å². The Labute approximate surface area is 235 Å². The molecular formula is C30H30F3N3O5. The standard InChI is InChI=1S/C30H30F3N3O5/c1-3-40-25-15-22(24(14-19(25)2)21-6-9-26(34-16-21)30(31,32)33)17-35-12-10-29(11-13-35)18-36(28(39)41-29)23-7-4-20(5-8-23)27(37)38/h4-9,14-16H,3,10-13,17-18H2,1-2H3,(H,37,38). The smallest absolute Gasteiger partial charge is 0.433 e. The maximum Gasteiger partial charge on any atom is 0.433 e. The molecule has 8 nitrogen and oxygen atoms in total. The molecule has 3 aromatic rings. The van der Waals surface area contributed by atoms with Gasteiger partial charge in [-0.1, -0.05) is 6.07 Å². The molecule has 2 aliphatic rings. The van der Waals surface area contributed by atoms with E-state index >= 15 is 0 Å². The number of piperidine rings is 1. The monoisotopic (exact) mass is 569 g/mol. The first-order valence-electron chi connectivity index (χ1n) is 13.3. The summed E-state index contributed by atoms with van der Waals surface area (Å²) in [7, 11) is 0. The molecule has 2 aromatic carbocycles. The first-order chi connectivity index (χ1) is 19.5. The molecule has 5 rings (SSSR count). The van der Waals surface area contributed by atoms with Gasteiger partial charge in [0.25, 0.3) is 0 Å². The molecule has 0 saturated carbocycles. The lowest BCUT2D eigenvalue weighted by atomic mass is 9.90. The number of aromatic nitrogens is 1. The molecule has 2 aliphatic heterocycles. The molecule has 2 fully saturated rings. The van der Waals surface area contributed by atoms with Gasteiger partial charge in [-0.05, 0) is 73.0 Å². The van der Waals surface area contributed by atoms with Crippen molar-refractivity contribution in [2.24, 2.45) is 0 Å². The Morgan fingerprint density at radius 3 is 2.41 bits per heavy atom. The minimum atomic E-state index is -4.51. The van der Waals surface area contributed by atoms with Crippen molar-refractivity contribution in [3.8, 4) is 16.9 Å². The number of amides is 1. The Hall–Kier alpha value is -4.12. The highest BCUT2D eigenvalue weighted by Gasteiger charge is 2.47. The Bertz CT molecular complexity index is 1430. The van der Waals surface area contributed by atoms with Crippen LogP contribution >= 0.6 is 0 Å². The van der Waals surface area contributed by atoms with Crippen LogP contribution in [0.5, 0.6) is 5.75 Å². The van der Waals surface area contributed by atoms with Gasteiger partial charge >= 0.3 is 18.2 Å². The Morgan fingerprint density at radius 1 is 1.12 bits per heavy atom. The molecule has 2 saturated heterocycles. The second-order valence-electron chi connectivity index (χ2n) is 10.4. The summed E-state index contributed by atoms with van der Waals surface area (Å²) in [6.07, 6.45) is -2.52. The summed E-state index contributed by atoms with van der Waals surface area (Å²) in [6, 6.07) is 12.4. The molecule has 1 amide bonds. The average molecular weight is 570 g/mol. The zero-order valence-electron chi connectivity index (χ0n) is 22.7. The number of hydrogen-bond donors (Lipinski definition) is 1. The SMILES string of the molecule is CCOc1cc(CN2CCC3(CC2)CN(c2ccc(C(=O)O)cc2)C(=O)O3)c(-c2ccc(C(F)(F)F)nc2)cc1C. The van der Waals surface area contributed by atoms with E-state index in [1.165, 1.54) is 29.3 Å². The van der Waals surface area contributed by atoms with Gasteiger partial charge < -0.3 is 14.6 Å². The highest BCUT2D eigenvalue weighted by atomic mass is 19.4. The van der Waals surface area contributed by atoms with Crippen molar-refractivity contribution < 1.29 is 37.3 Å². The molecule has 0 unspecified atom stereocenters. The van der Waals surface area contributed by atoms with E-state index in [4.69, 9.17) is 14.6 Å². The van der Waals surface area contributed by atoms with Crippen LogP contribution < -0.4 is 9.64 Å². The van der Waals surface area contributed by atoms with Crippen molar-refractivity contribution in [1.29, 1.82) is 0 Å². The highest BCUT2D eigenvalue weighted by Crippen LogP contribution is 2.38. The quantitative estimate of drug-likeness (QED) is 0.364. The van der Waals surface area contributed by atoms with Crippen LogP contribution in [0.4, 0.5) is 23.7 Å². The second kappa shape index (κ2) is 11.0. The Kier molecular flexibility index (Phi) is 7.65. The predicted molar refractivity (Wildman–Crippen MR) is 145 cm³/mol. The third-order valence-electron chi connectivity index (χ3n) is 7.62. The number of aromatic carboxylic acids is 1. The normalized spacial score (nSPS) is 17.1. The van der Waals surface area contributed by atoms with Crippen LogP contribution in [0.25, 0.3) is 11.1 Å². The topological polar surface area (TPSA) is 92.2 Å². The van der Waals surface area contributed by atoms with E-state index in [2.05, 4.69) is 9.88 Å². The van der Waals surface area contributed by atoms with Gasteiger partial charge in [-0.2, -0.15) is 13.2 Å². The van der Waals surface area contributed by atoms with Crippen LogP contribution in [-0.4, -0.2) is 58.9 Å². The molecule has 1 spiro atoms. The highest BCUT2D eigenvalue weighted by molar-refractivity contribution is 5.92. The van der Waals surface area contributed by atoms with E-state index < -0.39 is 29.5 Å². The number of rotatable bonds is 7. The zero-order chi connectivity index (χ0) is 29.4. The fraction of sp³-hybridized carbons (Fsp3) is 0.367. The lowest BCUT2D eigenvalue weighted by Crippen LogP contribution is -2.46. The van der Waals surface area contributed by atoms with Gasteiger partial charge in [0.15, 0.2) is 0 Å². The number of carbonyl (C=O) groups is 2. The maximum absolute atomic E-state index is 13.1. The van der Waals surface area contributed by atoms with E-state index in [9.17, 15) is 22.8 Å². The third-order valence-corrected chi connectivity index (χ3v) is 7.62. The van der Waals surface area contributed by atoms with Crippen LogP contribution in [0, 0.1) is 6.92 Å². The van der Waals surface area contributed by atoms with Crippen molar-refractivity contribution >= 4 is 17.7 Å². The summed E-state index contributed by atoms with van der Waals surface area (Å²) in [4.78, 5) is 31.3. The number of pyridine rings is 1. The van der Waals surface area contributed by atoms with Gasteiger partial charge in [0.2, 0.25) is 0 Å². The van der Waals surface area contributed by atoms with Gasteiger partial charge in [0.05, 0.1) is 18.7 Å². The van der Waals surface area contributed by atoms with Crippen molar-refractivity contribution in [3.05, 3.63) is 77.1 Å². The molecule has 3 heterocycles. The van der Waals surface area contributed by atoms with Gasteiger partial charge in [-0.25, -0.2) is 9.59 Å². The number of halogens is 3. The third kappa shape index (κ3) is 6.00. The lowest BCUT2D eigenvalue weighted by molar-refractivity contribution is -0.141. The number of hydrogen-bond acceptors (Lipinski definition) is 6. The first-order valence-corrected chi connectivity index (χ1v) is 13.3. The van der Waals surface area contributed by atoms with E-state index in [1.807, 2.05) is 26.0 Å². The van der Waals surface area contributed by atoms with E-state index in [0.717, 1.165) is 22.8 Å². The largest absolute Gasteiger partial charge is 0.494 e. The number of carbonyl (C=O) groups excluding carboxylic acids is 1. The zero-order valence-corrected chi connectivity index (χ0v) is 22.7. The number of benzene rings is 2. The van der Waals surface area contributed by atoms with Crippen molar-refractivity contribution in [2.45, 2.75) is 45.0 Å². The van der Waals surface area contributed by atoms with Gasteiger partial charge in [0.1, 0.15) is 17.0 Å². The van der Waals surface area contributed by atoms with Crippen LogP contribution in [-0.2, 0) is 17.5 Å². The molecule has 41 heavy (non-hydrogen) atoms. The number of aryl methyl sites for hydroxylation is 1. The van der Waals surface area contributed by atoms with E-state index in [0.29, 0.717) is 62.6 Å². The second-order valence-corrected chi connectivity index (χ2v) is 10.4. The molecule has 0 bridgehead atoms. The summed E-state index contributed by atoms with van der Waals surface area (Å²) in [5.74, 6) is -0.321. The first kappa shape index (κ1) is 28.4. The Morgan fingerprint density at radius 2 is 1.83 bits per heavy atom. The number of carboxylic acids is 1. The molecule has 216 valence electrons. The summed E-state index contributed by atoms with van der Waals surface area (Å²) < 4.78 is 50.9. The molecule has 0 radical (unpaired) electrons. The van der Waals surface area contributed by atoms with Crippen molar-refractivity contribution in [2.75, 3.05) is 31.1 Å². The van der Waals surface area contributed by atoms with Crippen LogP contribution in [0.2, 0.25) is 0 Å². The number of likely N-dealkylation sites (tertiary alicyclic amines) is 1. The summed E-state index contributed by atoms with van der Waals surface area (Å²) >= 11 is 0. The molecular weight excluding hydrogens is 539 g/mol. The van der Waals surface area contributed by atoms with Crippen LogP contribution in [0.3, 0.4) is 0 Å². The molecule has 11 heteroatoms. The molecule has 1 aromatic heterocycles. The Balaban J connectivity index is 1.32. The molecule has 0 aliphatic carbocycles. The average Bonchev–Trinajstić information content (AvgIpc) is 3.26. The minimum Gasteiger partial charge on any atom is -0.494 e. The van der Waals surface area contributed by atoms with Gasteiger partial charge in [0, 0.05) is 49.9 Å².